The highest BCUT2D eigenvalue weighted by molar-refractivity contribution is 5.92. The van der Waals surface area contributed by atoms with E-state index in [4.69, 9.17) is 5.26 Å². The van der Waals surface area contributed by atoms with Gasteiger partial charge in [-0.3, -0.25) is 14.5 Å². The molecule has 2 aromatic heterocycles. The summed E-state index contributed by atoms with van der Waals surface area (Å²) in [5, 5.41) is 24.7. The maximum Gasteiger partial charge on any atom is 0.326 e. The Morgan fingerprint density at radius 3 is 2.51 bits per heavy atom. The number of aromatic nitrogens is 5. The summed E-state index contributed by atoms with van der Waals surface area (Å²) < 4.78 is 0. The van der Waals surface area contributed by atoms with Crippen molar-refractivity contribution in [1.29, 1.82) is 5.26 Å². The Hall–Kier alpha value is -5.68. The van der Waals surface area contributed by atoms with Crippen molar-refractivity contribution in [3.63, 3.8) is 0 Å². The van der Waals surface area contributed by atoms with Gasteiger partial charge in [-0.25, -0.2) is 19.7 Å². The van der Waals surface area contributed by atoms with Crippen molar-refractivity contribution in [3.8, 4) is 6.07 Å². The second-order valence-electron chi connectivity index (χ2n) is 9.84. The van der Waals surface area contributed by atoms with Crippen LogP contribution >= 0.6 is 0 Å². The van der Waals surface area contributed by atoms with Crippen molar-refractivity contribution < 1.29 is 14.7 Å². The highest BCUT2D eigenvalue weighted by Gasteiger charge is 2.25. The van der Waals surface area contributed by atoms with Crippen LogP contribution in [0.25, 0.3) is 0 Å². The summed E-state index contributed by atoms with van der Waals surface area (Å²) in [6.07, 6.45) is 4.25. The minimum Gasteiger partial charge on any atom is -0.480 e. The molecule has 0 spiro atoms. The Morgan fingerprint density at radius 2 is 1.79 bits per heavy atom. The van der Waals surface area contributed by atoms with Crippen molar-refractivity contribution in [2.45, 2.75) is 19.0 Å². The van der Waals surface area contributed by atoms with Crippen LogP contribution in [0.3, 0.4) is 0 Å². The molecule has 1 fully saturated rings. The number of aromatic amines is 1. The Bertz CT molecular complexity index is 1690. The monoisotopic (exact) mass is 580 g/mol. The molecule has 14 heteroatoms. The fourth-order valence-electron chi connectivity index (χ4n) is 4.63. The highest BCUT2D eigenvalue weighted by Crippen LogP contribution is 2.18. The normalized spacial score (nSPS) is 14.0. The number of hydrogen-bond donors (Lipinski definition) is 4. The number of piperazine rings is 1. The number of anilines is 3. The molecule has 14 nitrogen and oxygen atoms in total. The Morgan fingerprint density at radius 1 is 1.02 bits per heavy atom. The fraction of sp³-hybridized carbons (Fsp3) is 0.241. The fourth-order valence-corrected chi connectivity index (χ4v) is 4.63. The van der Waals surface area contributed by atoms with Crippen molar-refractivity contribution in [3.05, 3.63) is 100.0 Å². The summed E-state index contributed by atoms with van der Waals surface area (Å²) in [5.41, 5.74) is 2.42. The first-order valence-electron chi connectivity index (χ1n) is 13.5. The first-order chi connectivity index (χ1) is 20.9. The number of rotatable bonds is 10. The molecule has 2 aromatic carbocycles. The summed E-state index contributed by atoms with van der Waals surface area (Å²) in [4.78, 5) is 59.3. The quantitative estimate of drug-likeness (QED) is 0.212. The molecule has 4 aromatic rings. The van der Waals surface area contributed by atoms with Gasteiger partial charge in [0.05, 0.1) is 11.6 Å². The average Bonchev–Trinajstić information content (AvgIpc) is 3.02. The number of benzene rings is 2. The molecule has 5 rings (SSSR count). The number of nitrogens with zero attached hydrogens (tertiary/aromatic N) is 7. The minimum absolute atomic E-state index is 0.101. The number of aliphatic carboxylic acids is 1. The van der Waals surface area contributed by atoms with Crippen molar-refractivity contribution >= 4 is 29.5 Å². The number of carbonyl (C=O) groups excluding carboxylic acids is 1. The SMILES string of the molecule is N#Cc1ccc(CC(Nc2ncnc(Nc3cccc(CN4CCN(C(=O)c5ncc[nH]c5=O)CC4)c3)n2)C(=O)O)cc1. The summed E-state index contributed by atoms with van der Waals surface area (Å²) >= 11 is 0. The van der Waals surface area contributed by atoms with E-state index in [0.717, 1.165) is 16.8 Å². The third kappa shape index (κ3) is 7.54. The van der Waals surface area contributed by atoms with E-state index in [-0.39, 0.29) is 29.9 Å². The maximum atomic E-state index is 12.7. The predicted octanol–water partition coefficient (Wildman–Crippen LogP) is 1.64. The maximum absolute atomic E-state index is 12.7. The van der Waals surface area contributed by atoms with Gasteiger partial charge in [0.25, 0.3) is 11.5 Å². The topological polar surface area (TPSA) is 193 Å². The van der Waals surface area contributed by atoms with E-state index in [1.165, 1.54) is 18.7 Å². The van der Waals surface area contributed by atoms with Crippen LogP contribution in [0.1, 0.15) is 27.2 Å². The molecule has 43 heavy (non-hydrogen) atoms. The standard InChI is InChI=1S/C29H28N10O4/c30-16-20-6-4-19(5-7-20)15-23(27(42)43)36-29-34-18-33-28(37-29)35-22-3-1-2-21(14-22)17-38-10-12-39(13-11-38)26(41)24-25(40)32-9-8-31-24/h1-9,14,18,23H,10-13,15,17H2,(H,32,40)(H,42,43)(H2,33,34,35,36,37). The predicted molar refractivity (Wildman–Crippen MR) is 155 cm³/mol. The van der Waals surface area contributed by atoms with E-state index in [2.05, 4.69) is 40.5 Å². The van der Waals surface area contributed by atoms with Crippen LogP contribution in [0.2, 0.25) is 0 Å². The summed E-state index contributed by atoms with van der Waals surface area (Å²) in [5.74, 6) is -1.09. The van der Waals surface area contributed by atoms with Gasteiger partial charge in [0.15, 0.2) is 5.69 Å². The second kappa shape index (κ2) is 13.3. The lowest BCUT2D eigenvalue weighted by Gasteiger charge is -2.34. The van der Waals surface area contributed by atoms with Gasteiger partial charge in [-0.15, -0.1) is 0 Å². The Kier molecular flexibility index (Phi) is 8.93. The summed E-state index contributed by atoms with van der Waals surface area (Å²) in [6.45, 7) is 2.90. The zero-order valence-electron chi connectivity index (χ0n) is 23.0. The number of nitrogens with one attached hydrogen (secondary N) is 3. The zero-order chi connectivity index (χ0) is 30.2. The first-order valence-corrected chi connectivity index (χ1v) is 13.5. The third-order valence-corrected chi connectivity index (χ3v) is 6.86. The van der Waals surface area contributed by atoms with E-state index in [9.17, 15) is 19.5 Å². The van der Waals surface area contributed by atoms with Crippen LogP contribution in [0, 0.1) is 11.3 Å². The molecule has 0 bridgehead atoms. The molecule has 0 radical (unpaired) electrons. The Labute approximate surface area is 246 Å². The second-order valence-corrected chi connectivity index (χ2v) is 9.84. The number of hydrogen-bond acceptors (Lipinski definition) is 11. The molecular formula is C29H28N10O4. The summed E-state index contributed by atoms with van der Waals surface area (Å²) in [6, 6.07) is 15.5. The molecule has 4 N–H and O–H groups in total. The largest absolute Gasteiger partial charge is 0.480 e. The van der Waals surface area contributed by atoms with Gasteiger partial charge in [-0.05, 0) is 35.4 Å². The van der Waals surface area contributed by atoms with Crippen LogP contribution in [0.5, 0.6) is 0 Å². The van der Waals surface area contributed by atoms with Gasteiger partial charge in [0.2, 0.25) is 11.9 Å². The molecule has 1 unspecified atom stereocenters. The lowest BCUT2D eigenvalue weighted by Crippen LogP contribution is -2.49. The van der Waals surface area contributed by atoms with Gasteiger partial charge >= 0.3 is 5.97 Å². The van der Waals surface area contributed by atoms with Crippen LogP contribution in [-0.2, 0) is 17.8 Å². The van der Waals surface area contributed by atoms with Gasteiger partial charge in [0, 0.05) is 57.2 Å². The first kappa shape index (κ1) is 28.8. The lowest BCUT2D eigenvalue weighted by atomic mass is 10.0. The number of carbonyl (C=O) groups is 2. The molecule has 3 heterocycles. The van der Waals surface area contributed by atoms with Gasteiger partial charge < -0.3 is 25.6 Å². The van der Waals surface area contributed by atoms with Crippen LogP contribution < -0.4 is 16.2 Å². The molecule has 0 aliphatic carbocycles. The van der Waals surface area contributed by atoms with Crippen molar-refractivity contribution in [2.24, 2.45) is 0 Å². The molecule has 1 aliphatic rings. The van der Waals surface area contributed by atoms with Crippen molar-refractivity contribution in [1.82, 2.24) is 34.7 Å². The number of carboxylic acids is 1. The number of carboxylic acid groups (broad SMARTS) is 1. The summed E-state index contributed by atoms with van der Waals surface area (Å²) in [7, 11) is 0. The zero-order valence-corrected chi connectivity index (χ0v) is 23.0. The average molecular weight is 581 g/mol. The number of amides is 1. The molecule has 0 saturated carbocycles. The van der Waals surface area contributed by atoms with E-state index >= 15 is 0 Å². The van der Waals surface area contributed by atoms with Crippen LogP contribution in [-0.4, -0.2) is 83.9 Å². The highest BCUT2D eigenvalue weighted by atomic mass is 16.4. The molecule has 1 saturated heterocycles. The van der Waals surface area contributed by atoms with E-state index in [0.29, 0.717) is 38.3 Å². The molecule has 1 amide bonds. The van der Waals surface area contributed by atoms with Gasteiger partial charge in [-0.2, -0.15) is 10.2 Å². The van der Waals surface area contributed by atoms with E-state index in [1.54, 1.807) is 29.2 Å². The lowest BCUT2D eigenvalue weighted by molar-refractivity contribution is -0.137. The minimum atomic E-state index is -1.07. The van der Waals surface area contributed by atoms with Crippen LogP contribution in [0.15, 0.2) is 72.0 Å². The number of H-pyrrole nitrogens is 1. The molecule has 1 aliphatic heterocycles. The smallest absolute Gasteiger partial charge is 0.326 e. The molecular weight excluding hydrogens is 552 g/mol. The molecule has 218 valence electrons. The van der Waals surface area contributed by atoms with Gasteiger partial charge in [-0.1, -0.05) is 24.3 Å². The van der Waals surface area contributed by atoms with Gasteiger partial charge in [0.1, 0.15) is 12.4 Å². The van der Waals surface area contributed by atoms with Crippen molar-refractivity contribution in [2.75, 3.05) is 36.8 Å². The number of nitriles is 1. The third-order valence-electron chi connectivity index (χ3n) is 6.86. The van der Waals surface area contributed by atoms with Crippen LogP contribution in [0.4, 0.5) is 17.6 Å². The van der Waals surface area contributed by atoms with E-state index < -0.39 is 17.6 Å². The van der Waals surface area contributed by atoms with E-state index in [1.807, 2.05) is 30.3 Å². The molecule has 1 atom stereocenters. The Balaban J connectivity index is 1.17.